The van der Waals surface area contributed by atoms with E-state index in [4.69, 9.17) is 0 Å². The summed E-state index contributed by atoms with van der Waals surface area (Å²) in [7, 11) is 0. The molecule has 0 saturated carbocycles. The fraction of sp³-hybridized carbons (Fsp3) is 0.286. The van der Waals surface area contributed by atoms with Crippen molar-refractivity contribution in [2.24, 2.45) is 0 Å². The van der Waals surface area contributed by atoms with Gasteiger partial charge in [0.25, 0.3) is 0 Å². The van der Waals surface area contributed by atoms with Crippen molar-refractivity contribution in [2.45, 2.75) is 26.7 Å². The van der Waals surface area contributed by atoms with E-state index in [1.54, 1.807) is 0 Å². The lowest BCUT2D eigenvalue weighted by Crippen LogP contribution is -1.87. The molecule has 17 heavy (non-hydrogen) atoms. The Morgan fingerprint density at radius 2 is 2.00 bits per heavy atom. The maximum absolute atomic E-state index is 11.0. The van der Waals surface area contributed by atoms with Gasteiger partial charge >= 0.3 is 0 Å². The number of hydrogen-bond donors (Lipinski definition) is 1. The minimum absolute atomic E-state index is 0.647. The number of nitrogens with zero attached hydrogens (tertiary/aromatic N) is 1. The predicted octanol–water partition coefficient (Wildman–Crippen LogP) is 3.15. The number of rotatable bonds is 4. The van der Waals surface area contributed by atoms with Crippen LogP contribution in [0.3, 0.4) is 0 Å². The number of aldehydes is 1. The van der Waals surface area contributed by atoms with Gasteiger partial charge in [0.15, 0.2) is 6.29 Å². The number of aromatic nitrogens is 2. The lowest BCUT2D eigenvalue weighted by atomic mass is 10.0. The highest BCUT2D eigenvalue weighted by atomic mass is 16.1. The van der Waals surface area contributed by atoms with Crippen LogP contribution in [0.4, 0.5) is 0 Å². The average Bonchev–Trinajstić information content (AvgIpc) is 2.72. The van der Waals surface area contributed by atoms with Crippen LogP contribution in [0.2, 0.25) is 0 Å². The fourth-order valence-electron chi connectivity index (χ4n) is 1.92. The van der Waals surface area contributed by atoms with Crippen LogP contribution >= 0.6 is 0 Å². The summed E-state index contributed by atoms with van der Waals surface area (Å²) >= 11 is 0. The number of benzene rings is 1. The highest BCUT2D eigenvalue weighted by Gasteiger charge is 2.10. The van der Waals surface area contributed by atoms with Gasteiger partial charge in [-0.1, -0.05) is 37.6 Å². The molecule has 0 unspecified atom stereocenters. The van der Waals surface area contributed by atoms with Gasteiger partial charge in [-0.2, -0.15) is 5.10 Å². The van der Waals surface area contributed by atoms with Crippen molar-refractivity contribution in [1.82, 2.24) is 10.2 Å². The van der Waals surface area contributed by atoms with Gasteiger partial charge in [0.2, 0.25) is 0 Å². The molecule has 0 aliphatic rings. The highest BCUT2D eigenvalue weighted by Crippen LogP contribution is 2.22. The number of nitrogens with one attached hydrogen (secondary N) is 1. The number of hydrogen-bond acceptors (Lipinski definition) is 2. The lowest BCUT2D eigenvalue weighted by Gasteiger charge is -2.01. The molecule has 2 rings (SSSR count). The Morgan fingerprint density at radius 3 is 2.59 bits per heavy atom. The Bertz CT molecular complexity index is 512. The molecule has 88 valence electrons. The smallest absolute Gasteiger partial charge is 0.154 e. The first-order valence-electron chi connectivity index (χ1n) is 5.85. The maximum atomic E-state index is 11.0. The molecule has 1 aromatic heterocycles. The van der Waals surface area contributed by atoms with Gasteiger partial charge < -0.3 is 0 Å². The molecule has 1 heterocycles. The van der Waals surface area contributed by atoms with E-state index in [0.29, 0.717) is 5.56 Å². The summed E-state index contributed by atoms with van der Waals surface area (Å²) in [4.78, 5) is 11.0. The Morgan fingerprint density at radius 1 is 1.29 bits per heavy atom. The van der Waals surface area contributed by atoms with E-state index in [9.17, 15) is 4.79 Å². The number of aromatic amines is 1. The van der Waals surface area contributed by atoms with Gasteiger partial charge in [-0.05, 0) is 18.9 Å². The molecule has 2 aromatic rings. The third kappa shape index (κ3) is 2.28. The van der Waals surface area contributed by atoms with Crippen LogP contribution in [0.5, 0.6) is 0 Å². The molecule has 0 atom stereocenters. The van der Waals surface area contributed by atoms with Crippen molar-refractivity contribution < 1.29 is 4.79 Å². The normalized spacial score (nSPS) is 10.5. The molecule has 0 fully saturated rings. The number of carbonyl (C=O) groups excluding carboxylic acids is 1. The molecule has 0 amide bonds. The summed E-state index contributed by atoms with van der Waals surface area (Å²) in [5.41, 5.74) is 4.49. The van der Waals surface area contributed by atoms with Crippen LogP contribution in [0.25, 0.3) is 11.3 Å². The summed E-state index contributed by atoms with van der Waals surface area (Å²) in [6.45, 7) is 4.02. The third-order valence-electron chi connectivity index (χ3n) is 2.88. The monoisotopic (exact) mass is 228 g/mol. The molecular weight excluding hydrogens is 212 g/mol. The van der Waals surface area contributed by atoms with Crippen LogP contribution in [0.1, 0.15) is 35.0 Å². The van der Waals surface area contributed by atoms with Gasteiger partial charge in [0.1, 0.15) is 5.69 Å². The van der Waals surface area contributed by atoms with Gasteiger partial charge in [-0.15, -0.1) is 0 Å². The fourth-order valence-corrected chi connectivity index (χ4v) is 1.92. The van der Waals surface area contributed by atoms with E-state index in [1.165, 1.54) is 5.56 Å². The first-order chi connectivity index (χ1) is 8.26. The zero-order valence-electron chi connectivity index (χ0n) is 10.2. The second kappa shape index (κ2) is 4.95. The van der Waals surface area contributed by atoms with Crippen molar-refractivity contribution in [3.05, 3.63) is 41.1 Å². The summed E-state index contributed by atoms with van der Waals surface area (Å²) in [6.07, 6.45) is 3.08. The van der Waals surface area contributed by atoms with E-state index in [1.807, 2.05) is 19.1 Å². The molecule has 0 radical (unpaired) electrons. The van der Waals surface area contributed by atoms with Crippen molar-refractivity contribution in [1.29, 1.82) is 0 Å². The topological polar surface area (TPSA) is 45.8 Å². The Kier molecular flexibility index (Phi) is 3.38. The molecule has 1 N–H and O–H groups in total. The Labute approximate surface area is 101 Å². The van der Waals surface area contributed by atoms with Crippen LogP contribution in [-0.2, 0) is 6.42 Å². The van der Waals surface area contributed by atoms with Crippen molar-refractivity contribution in [3.63, 3.8) is 0 Å². The van der Waals surface area contributed by atoms with E-state index in [-0.39, 0.29) is 0 Å². The zero-order valence-corrected chi connectivity index (χ0v) is 10.2. The predicted molar refractivity (Wildman–Crippen MR) is 68.1 cm³/mol. The van der Waals surface area contributed by atoms with E-state index in [0.717, 1.165) is 36.1 Å². The summed E-state index contributed by atoms with van der Waals surface area (Å²) in [6, 6.07) is 8.23. The van der Waals surface area contributed by atoms with E-state index < -0.39 is 0 Å². The van der Waals surface area contributed by atoms with Crippen LogP contribution in [-0.4, -0.2) is 16.5 Å². The molecule has 0 bridgehead atoms. The zero-order chi connectivity index (χ0) is 12.3. The van der Waals surface area contributed by atoms with E-state index >= 15 is 0 Å². The van der Waals surface area contributed by atoms with Crippen molar-refractivity contribution in [2.75, 3.05) is 0 Å². The number of carbonyl (C=O) groups is 1. The largest absolute Gasteiger partial charge is 0.298 e. The molecule has 3 nitrogen and oxygen atoms in total. The lowest BCUT2D eigenvalue weighted by molar-refractivity contribution is 0.112. The number of aryl methyl sites for hydroxylation is 2. The molecule has 0 aliphatic carbocycles. The van der Waals surface area contributed by atoms with E-state index in [2.05, 4.69) is 29.3 Å². The number of H-pyrrole nitrogens is 1. The van der Waals surface area contributed by atoms with Crippen LogP contribution in [0.15, 0.2) is 24.3 Å². The Balaban J connectivity index is 2.36. The highest BCUT2D eigenvalue weighted by molar-refractivity contribution is 5.87. The molecular formula is C14H16N2O. The molecule has 0 saturated heterocycles. The average molecular weight is 228 g/mol. The molecule has 3 heteroatoms. The van der Waals surface area contributed by atoms with Crippen LogP contribution in [0, 0.1) is 6.92 Å². The summed E-state index contributed by atoms with van der Waals surface area (Å²) in [5, 5.41) is 7.02. The minimum Gasteiger partial charge on any atom is -0.298 e. The molecule has 1 aromatic carbocycles. The van der Waals surface area contributed by atoms with Gasteiger partial charge in [0, 0.05) is 11.3 Å². The molecule has 0 aliphatic heterocycles. The van der Waals surface area contributed by atoms with Gasteiger partial charge in [-0.25, -0.2) is 0 Å². The second-order valence-corrected chi connectivity index (χ2v) is 4.18. The summed E-state index contributed by atoms with van der Waals surface area (Å²) < 4.78 is 0. The summed E-state index contributed by atoms with van der Waals surface area (Å²) in [5.74, 6) is 0. The van der Waals surface area contributed by atoms with Gasteiger partial charge in [0.05, 0.1) is 5.56 Å². The van der Waals surface area contributed by atoms with Gasteiger partial charge in [-0.3, -0.25) is 9.89 Å². The SMILES string of the molecule is CCCc1ccc(-c2n[nH]c(C)c2C=O)cc1. The second-order valence-electron chi connectivity index (χ2n) is 4.18. The molecule has 0 spiro atoms. The Hall–Kier alpha value is -1.90. The van der Waals surface area contributed by atoms with Crippen molar-refractivity contribution in [3.8, 4) is 11.3 Å². The third-order valence-corrected chi connectivity index (χ3v) is 2.88. The minimum atomic E-state index is 0.647. The quantitative estimate of drug-likeness (QED) is 0.817. The van der Waals surface area contributed by atoms with Crippen molar-refractivity contribution >= 4 is 6.29 Å². The first-order valence-corrected chi connectivity index (χ1v) is 5.85. The first kappa shape index (κ1) is 11.6. The standard InChI is InChI=1S/C14H16N2O/c1-3-4-11-5-7-12(8-6-11)14-13(9-17)10(2)15-16-14/h5-9H,3-4H2,1-2H3,(H,15,16). The van der Waals surface area contributed by atoms with Crippen LogP contribution < -0.4 is 0 Å². The maximum Gasteiger partial charge on any atom is 0.154 e.